The predicted octanol–water partition coefficient (Wildman–Crippen LogP) is 4.73. The van der Waals surface area contributed by atoms with Gasteiger partial charge in [0, 0.05) is 16.5 Å². The second-order valence-corrected chi connectivity index (χ2v) is 4.23. The van der Waals surface area contributed by atoms with Crippen molar-refractivity contribution >= 4 is 15.9 Å². The molecule has 1 aromatic carbocycles. The molecule has 0 aliphatic carbocycles. The van der Waals surface area contributed by atoms with Crippen LogP contribution >= 0.6 is 15.9 Å². The van der Waals surface area contributed by atoms with E-state index >= 15 is 0 Å². The molecule has 0 radical (unpaired) electrons. The van der Waals surface area contributed by atoms with E-state index in [1.807, 2.05) is 6.92 Å². The van der Waals surface area contributed by atoms with Crippen molar-refractivity contribution in [2.45, 2.75) is 32.1 Å². The van der Waals surface area contributed by atoms with Crippen LogP contribution in [0, 0.1) is 0 Å². The van der Waals surface area contributed by atoms with Gasteiger partial charge in [-0.05, 0) is 18.6 Å². The molecule has 0 saturated carbocycles. The van der Waals surface area contributed by atoms with E-state index in [2.05, 4.69) is 15.9 Å². The number of hydrogen-bond acceptors (Lipinski definition) is 0. The molecule has 1 rings (SSSR count). The summed E-state index contributed by atoms with van der Waals surface area (Å²) in [6, 6.07) is 6.34. The Morgan fingerprint density at radius 3 is 2.64 bits per heavy atom. The summed E-state index contributed by atoms with van der Waals surface area (Å²) in [5, 5.41) is 0. The molecule has 0 N–H and O–H groups in total. The van der Waals surface area contributed by atoms with Crippen molar-refractivity contribution in [3.63, 3.8) is 0 Å². The highest BCUT2D eigenvalue weighted by Crippen LogP contribution is 2.34. The third kappa shape index (κ3) is 3.05. The summed E-state index contributed by atoms with van der Waals surface area (Å²) in [4.78, 5) is 0. The molecule has 0 spiro atoms. The van der Waals surface area contributed by atoms with Gasteiger partial charge in [-0.3, -0.25) is 0 Å². The Balaban J connectivity index is 2.80. The molecule has 0 aromatic heterocycles. The normalized spacial score (nSPS) is 11.7. The third-order valence-electron chi connectivity index (χ3n) is 2.09. The van der Waals surface area contributed by atoms with E-state index in [1.54, 1.807) is 12.1 Å². The van der Waals surface area contributed by atoms with Crippen LogP contribution in [0.4, 0.5) is 8.78 Å². The molecule has 0 amide bonds. The molecule has 0 fully saturated rings. The first-order chi connectivity index (χ1) is 6.56. The SMILES string of the molecule is CCCCC(F)(F)c1cccc(Br)c1. The average Bonchev–Trinajstić information content (AvgIpc) is 2.15. The highest BCUT2D eigenvalue weighted by atomic mass is 79.9. The zero-order valence-electron chi connectivity index (χ0n) is 8.06. The van der Waals surface area contributed by atoms with Crippen LogP contribution < -0.4 is 0 Å². The minimum absolute atomic E-state index is 0.0695. The molecule has 78 valence electrons. The molecule has 0 atom stereocenters. The molecule has 0 nitrogen and oxygen atoms in total. The Kier molecular flexibility index (Phi) is 4.05. The highest BCUT2D eigenvalue weighted by Gasteiger charge is 2.30. The van der Waals surface area contributed by atoms with Gasteiger partial charge in [-0.2, -0.15) is 0 Å². The molecule has 0 heterocycles. The largest absolute Gasteiger partial charge is 0.273 e. The third-order valence-corrected chi connectivity index (χ3v) is 2.58. The van der Waals surface area contributed by atoms with Crippen molar-refractivity contribution < 1.29 is 8.78 Å². The summed E-state index contributed by atoms with van der Waals surface area (Å²) in [5.74, 6) is -2.69. The fourth-order valence-corrected chi connectivity index (χ4v) is 1.66. The Morgan fingerprint density at radius 1 is 1.36 bits per heavy atom. The molecule has 0 bridgehead atoms. The van der Waals surface area contributed by atoms with Crippen molar-refractivity contribution in [3.8, 4) is 0 Å². The van der Waals surface area contributed by atoms with Crippen LogP contribution in [0.1, 0.15) is 31.7 Å². The van der Waals surface area contributed by atoms with Crippen molar-refractivity contribution in [2.24, 2.45) is 0 Å². The van der Waals surface area contributed by atoms with Crippen molar-refractivity contribution in [1.29, 1.82) is 0 Å². The monoisotopic (exact) mass is 262 g/mol. The van der Waals surface area contributed by atoms with E-state index in [9.17, 15) is 8.78 Å². The zero-order chi connectivity index (χ0) is 10.6. The zero-order valence-corrected chi connectivity index (χ0v) is 9.65. The van der Waals surface area contributed by atoms with E-state index in [0.29, 0.717) is 10.9 Å². The summed E-state index contributed by atoms with van der Waals surface area (Å²) in [6.07, 6.45) is 1.28. The van der Waals surface area contributed by atoms with Crippen molar-refractivity contribution in [1.82, 2.24) is 0 Å². The van der Waals surface area contributed by atoms with Gasteiger partial charge in [0.25, 0.3) is 5.92 Å². The number of benzene rings is 1. The maximum absolute atomic E-state index is 13.5. The van der Waals surface area contributed by atoms with Crippen LogP contribution in [0.15, 0.2) is 28.7 Å². The van der Waals surface area contributed by atoms with Gasteiger partial charge in [0.2, 0.25) is 0 Å². The molecule has 14 heavy (non-hydrogen) atoms. The number of rotatable bonds is 4. The molecule has 0 aliphatic rings. The Labute approximate surface area is 91.5 Å². The minimum Gasteiger partial charge on any atom is -0.201 e. The lowest BCUT2D eigenvalue weighted by Gasteiger charge is -2.16. The van der Waals surface area contributed by atoms with Crippen LogP contribution in [-0.2, 0) is 5.92 Å². The molecular weight excluding hydrogens is 250 g/mol. The fraction of sp³-hybridized carbons (Fsp3) is 0.455. The van der Waals surface area contributed by atoms with Gasteiger partial charge in [0.15, 0.2) is 0 Å². The number of halogens is 3. The summed E-state index contributed by atoms with van der Waals surface area (Å²) >= 11 is 3.19. The molecule has 0 aliphatic heterocycles. The van der Waals surface area contributed by atoms with Crippen LogP contribution in [0.3, 0.4) is 0 Å². The van der Waals surface area contributed by atoms with E-state index in [1.165, 1.54) is 12.1 Å². The van der Waals surface area contributed by atoms with Crippen LogP contribution in [0.25, 0.3) is 0 Å². The van der Waals surface area contributed by atoms with Gasteiger partial charge in [0.1, 0.15) is 0 Å². The lowest BCUT2D eigenvalue weighted by atomic mass is 10.0. The van der Waals surface area contributed by atoms with Gasteiger partial charge >= 0.3 is 0 Å². The van der Waals surface area contributed by atoms with E-state index < -0.39 is 5.92 Å². The lowest BCUT2D eigenvalue weighted by molar-refractivity contribution is -0.0154. The number of alkyl halides is 2. The Hall–Kier alpha value is -0.440. The van der Waals surface area contributed by atoms with E-state index in [0.717, 1.165) is 6.42 Å². The second kappa shape index (κ2) is 4.87. The van der Waals surface area contributed by atoms with Crippen molar-refractivity contribution in [3.05, 3.63) is 34.3 Å². The number of unbranched alkanes of at least 4 members (excludes halogenated alkanes) is 1. The maximum atomic E-state index is 13.5. The quantitative estimate of drug-likeness (QED) is 0.736. The van der Waals surface area contributed by atoms with Crippen LogP contribution in [-0.4, -0.2) is 0 Å². The summed E-state index contributed by atoms with van der Waals surface area (Å²) < 4.78 is 27.7. The lowest BCUT2D eigenvalue weighted by Crippen LogP contribution is -2.12. The highest BCUT2D eigenvalue weighted by molar-refractivity contribution is 9.10. The number of hydrogen-bond donors (Lipinski definition) is 0. The first-order valence-corrected chi connectivity index (χ1v) is 5.49. The topological polar surface area (TPSA) is 0 Å². The maximum Gasteiger partial charge on any atom is 0.273 e. The molecular formula is C11H13BrF2. The van der Waals surface area contributed by atoms with Crippen LogP contribution in [0.2, 0.25) is 0 Å². The van der Waals surface area contributed by atoms with Gasteiger partial charge in [-0.25, -0.2) is 8.78 Å². The first kappa shape index (κ1) is 11.6. The second-order valence-electron chi connectivity index (χ2n) is 3.32. The Bertz CT molecular complexity index is 297. The van der Waals surface area contributed by atoms with E-state index in [-0.39, 0.29) is 12.0 Å². The molecule has 0 saturated heterocycles. The smallest absolute Gasteiger partial charge is 0.201 e. The summed E-state index contributed by atoms with van der Waals surface area (Å²) in [5.41, 5.74) is 0.0975. The van der Waals surface area contributed by atoms with Gasteiger partial charge < -0.3 is 0 Å². The molecule has 3 heteroatoms. The van der Waals surface area contributed by atoms with E-state index in [4.69, 9.17) is 0 Å². The fourth-order valence-electron chi connectivity index (χ4n) is 1.26. The van der Waals surface area contributed by atoms with Gasteiger partial charge in [0.05, 0.1) is 0 Å². The predicted molar refractivity (Wildman–Crippen MR) is 57.6 cm³/mol. The van der Waals surface area contributed by atoms with Crippen LogP contribution in [0.5, 0.6) is 0 Å². The summed E-state index contributed by atoms with van der Waals surface area (Å²) in [7, 11) is 0. The Morgan fingerprint density at radius 2 is 2.07 bits per heavy atom. The minimum atomic E-state index is -2.69. The average molecular weight is 263 g/mol. The first-order valence-electron chi connectivity index (χ1n) is 4.70. The standard InChI is InChI=1S/C11H13BrF2/c1-2-3-7-11(13,14)9-5-4-6-10(12)8-9/h4-6,8H,2-3,7H2,1H3. The molecule has 0 unspecified atom stereocenters. The molecule has 1 aromatic rings. The van der Waals surface area contributed by atoms with Gasteiger partial charge in [-0.1, -0.05) is 41.4 Å². The summed E-state index contributed by atoms with van der Waals surface area (Å²) in [6.45, 7) is 1.91. The van der Waals surface area contributed by atoms with Crippen molar-refractivity contribution in [2.75, 3.05) is 0 Å². The van der Waals surface area contributed by atoms with Gasteiger partial charge in [-0.15, -0.1) is 0 Å².